The highest BCUT2D eigenvalue weighted by atomic mass is 32.2. The fourth-order valence-corrected chi connectivity index (χ4v) is 0.854. The van der Waals surface area contributed by atoms with Gasteiger partial charge in [0, 0.05) is 7.05 Å². The second-order valence-corrected chi connectivity index (χ2v) is 2.96. The van der Waals surface area contributed by atoms with Gasteiger partial charge in [-0.25, -0.2) is 0 Å². The van der Waals surface area contributed by atoms with Gasteiger partial charge in [-0.2, -0.15) is 8.42 Å². The van der Waals surface area contributed by atoms with Gasteiger partial charge in [0.25, 0.3) is 10.1 Å². The van der Waals surface area contributed by atoms with Crippen LogP contribution in [0.2, 0.25) is 0 Å². The summed E-state index contributed by atoms with van der Waals surface area (Å²) in [4.78, 5) is 13.6. The van der Waals surface area contributed by atoms with Gasteiger partial charge in [0.2, 0.25) is 0 Å². The molecule has 0 amide bonds. The minimum atomic E-state index is -4.10. The summed E-state index contributed by atoms with van der Waals surface area (Å²) in [5.41, 5.74) is 0. The molecule has 0 spiro atoms. The maximum Gasteiger partial charge on any atom is 0.313 e. The molecule has 0 bridgehead atoms. The van der Waals surface area contributed by atoms with E-state index in [1.165, 1.54) is 7.05 Å². The first kappa shape index (κ1) is 9.34. The predicted octanol–water partition coefficient (Wildman–Crippen LogP) is -1.15. The van der Waals surface area contributed by atoms with Crippen LogP contribution in [0.5, 0.6) is 0 Å². The maximum absolute atomic E-state index is 10.0. The molecule has 1 N–H and O–H groups in total. The summed E-state index contributed by atoms with van der Waals surface area (Å²) in [7, 11) is -2.91. The summed E-state index contributed by atoms with van der Waals surface area (Å²) in [5, 5.41) is 0.683. The van der Waals surface area contributed by atoms with E-state index in [-0.39, 0.29) is 6.47 Å². The zero-order valence-corrected chi connectivity index (χ0v) is 6.04. The minimum Gasteiger partial charge on any atom is -0.370 e. The van der Waals surface area contributed by atoms with Crippen LogP contribution in [-0.4, -0.2) is 37.4 Å². The lowest BCUT2D eigenvalue weighted by Gasteiger charge is -2.08. The van der Waals surface area contributed by atoms with Gasteiger partial charge in [-0.3, -0.25) is 9.35 Å². The zero-order chi connectivity index (χ0) is 8.20. The summed E-state index contributed by atoms with van der Waals surface area (Å²) < 4.78 is 28.2. The Morgan fingerprint density at radius 3 is 2.50 bits per heavy atom. The average molecular weight is 169 g/mol. The number of nitrogens with zero attached hydrogens (tertiary/aromatic N) is 1. The normalized spacial score (nSPS) is 11.5. The van der Waals surface area contributed by atoms with Gasteiger partial charge in [-0.05, 0) is 0 Å². The van der Waals surface area contributed by atoms with Crippen LogP contribution >= 0.6 is 0 Å². The van der Waals surface area contributed by atoms with E-state index in [0.717, 1.165) is 0 Å². The van der Waals surface area contributed by atoms with Crippen LogP contribution in [0.3, 0.4) is 0 Å². The monoisotopic (exact) mass is 169 g/mol. The number of hydrogen-bond donors (Lipinski definition) is 1. The van der Waals surface area contributed by atoms with Crippen LogP contribution in [0.15, 0.2) is 0 Å². The lowest BCUT2D eigenvalue weighted by Crippen LogP contribution is -2.25. The second kappa shape index (κ2) is 3.49. The SMILES string of the molecule is CN(CS(=O)(=O)O)OC=O. The van der Waals surface area contributed by atoms with Crippen LogP contribution < -0.4 is 0 Å². The van der Waals surface area contributed by atoms with Crippen molar-refractivity contribution in [1.29, 1.82) is 0 Å². The van der Waals surface area contributed by atoms with Crippen LogP contribution in [0, 0.1) is 0 Å². The number of carbonyl (C=O) groups is 1. The lowest BCUT2D eigenvalue weighted by atomic mass is 11.2. The highest BCUT2D eigenvalue weighted by Gasteiger charge is 2.09. The Balaban J connectivity index is 3.80. The van der Waals surface area contributed by atoms with E-state index in [4.69, 9.17) is 4.55 Å². The Kier molecular flexibility index (Phi) is 3.26. The van der Waals surface area contributed by atoms with Crippen molar-refractivity contribution >= 4 is 16.6 Å². The first-order valence-electron chi connectivity index (χ1n) is 2.22. The molecule has 0 aliphatic heterocycles. The van der Waals surface area contributed by atoms with Crippen molar-refractivity contribution in [1.82, 2.24) is 5.06 Å². The fraction of sp³-hybridized carbons (Fsp3) is 0.667. The second-order valence-electron chi connectivity index (χ2n) is 1.54. The number of hydroxylamine groups is 2. The summed E-state index contributed by atoms with van der Waals surface area (Å²) in [6, 6.07) is 0. The molecule has 0 radical (unpaired) electrons. The fourth-order valence-electron chi connectivity index (χ4n) is 0.334. The van der Waals surface area contributed by atoms with Crippen LogP contribution in [0.1, 0.15) is 0 Å². The quantitative estimate of drug-likeness (QED) is 0.325. The molecule has 0 heterocycles. The Hall–Kier alpha value is -0.660. The van der Waals surface area contributed by atoms with E-state index in [1.54, 1.807) is 0 Å². The lowest BCUT2D eigenvalue weighted by molar-refractivity contribution is -0.162. The van der Waals surface area contributed by atoms with Gasteiger partial charge in [-0.1, -0.05) is 0 Å². The van der Waals surface area contributed by atoms with Gasteiger partial charge in [-0.15, -0.1) is 5.06 Å². The van der Waals surface area contributed by atoms with E-state index in [1.807, 2.05) is 0 Å². The van der Waals surface area contributed by atoms with Crippen molar-refractivity contribution in [3.63, 3.8) is 0 Å². The van der Waals surface area contributed by atoms with Crippen molar-refractivity contribution in [2.24, 2.45) is 0 Å². The highest BCUT2D eigenvalue weighted by molar-refractivity contribution is 7.85. The molecule has 10 heavy (non-hydrogen) atoms. The van der Waals surface area contributed by atoms with Crippen LogP contribution in [0.25, 0.3) is 0 Å². The van der Waals surface area contributed by atoms with E-state index in [2.05, 4.69) is 4.84 Å². The van der Waals surface area contributed by atoms with Gasteiger partial charge < -0.3 is 4.84 Å². The molecule has 0 saturated carbocycles. The molecule has 7 heteroatoms. The van der Waals surface area contributed by atoms with Crippen molar-refractivity contribution in [3.8, 4) is 0 Å². The topological polar surface area (TPSA) is 83.9 Å². The number of hydrogen-bond acceptors (Lipinski definition) is 5. The molecule has 0 aliphatic rings. The third kappa shape index (κ3) is 5.48. The molecular formula is C3H7NO5S. The maximum atomic E-state index is 10.0. The largest absolute Gasteiger partial charge is 0.370 e. The molecule has 0 aliphatic carbocycles. The average Bonchev–Trinajstić information content (AvgIpc) is 1.59. The Labute approximate surface area is 58.1 Å². The Morgan fingerprint density at radius 1 is 1.70 bits per heavy atom. The molecule has 0 atom stereocenters. The smallest absolute Gasteiger partial charge is 0.313 e. The zero-order valence-electron chi connectivity index (χ0n) is 5.22. The van der Waals surface area contributed by atoms with Gasteiger partial charge in [0.05, 0.1) is 0 Å². The third-order valence-electron chi connectivity index (χ3n) is 0.568. The van der Waals surface area contributed by atoms with Crippen molar-refractivity contribution in [2.75, 3.05) is 12.9 Å². The number of carbonyl (C=O) groups excluding carboxylic acids is 1. The molecule has 0 unspecified atom stereocenters. The summed E-state index contributed by atoms with van der Waals surface area (Å²) in [6.45, 7) is 0.0607. The first-order chi connectivity index (χ1) is 4.45. The molecule has 0 aromatic rings. The first-order valence-corrected chi connectivity index (χ1v) is 3.83. The molecule has 6 nitrogen and oxygen atoms in total. The summed E-state index contributed by atoms with van der Waals surface area (Å²) in [5.74, 6) is -0.730. The van der Waals surface area contributed by atoms with Crippen LogP contribution in [0.4, 0.5) is 0 Å². The summed E-state index contributed by atoms with van der Waals surface area (Å²) >= 11 is 0. The van der Waals surface area contributed by atoms with Crippen molar-refractivity contribution in [3.05, 3.63) is 0 Å². The third-order valence-corrected chi connectivity index (χ3v) is 1.26. The minimum absolute atomic E-state index is 0.0607. The number of rotatable bonds is 4. The molecular weight excluding hydrogens is 162 g/mol. The predicted molar refractivity (Wildman–Crippen MR) is 31.3 cm³/mol. The molecule has 0 fully saturated rings. The summed E-state index contributed by atoms with van der Waals surface area (Å²) in [6.07, 6.45) is 0. The van der Waals surface area contributed by atoms with E-state index >= 15 is 0 Å². The molecule has 0 aromatic heterocycles. The Morgan fingerprint density at radius 2 is 2.20 bits per heavy atom. The van der Waals surface area contributed by atoms with Crippen molar-refractivity contribution in [2.45, 2.75) is 0 Å². The molecule has 60 valence electrons. The van der Waals surface area contributed by atoms with E-state index < -0.39 is 16.0 Å². The van der Waals surface area contributed by atoms with E-state index in [9.17, 15) is 13.2 Å². The van der Waals surface area contributed by atoms with Gasteiger partial charge in [0.1, 0.15) is 0 Å². The van der Waals surface area contributed by atoms with E-state index in [0.29, 0.717) is 5.06 Å². The van der Waals surface area contributed by atoms with Gasteiger partial charge in [0.15, 0.2) is 5.88 Å². The van der Waals surface area contributed by atoms with Crippen molar-refractivity contribution < 1.29 is 22.6 Å². The highest BCUT2D eigenvalue weighted by Crippen LogP contribution is 1.87. The molecule has 0 aromatic carbocycles. The standard InChI is InChI=1S/C3H7NO5S/c1-4(9-3-5)2-10(6,7)8/h3H,2H2,1H3,(H,6,7,8). The molecule has 0 saturated heterocycles. The molecule has 0 rings (SSSR count). The van der Waals surface area contributed by atoms with Gasteiger partial charge >= 0.3 is 6.47 Å². The Bertz CT molecular complexity index is 197. The van der Waals surface area contributed by atoms with Crippen LogP contribution in [-0.2, 0) is 19.8 Å².